The van der Waals surface area contributed by atoms with Crippen LogP contribution >= 0.6 is 11.8 Å². The Bertz CT molecular complexity index is 634. The monoisotopic (exact) mass is 344 g/mol. The molecule has 0 bridgehead atoms. The molecule has 0 saturated carbocycles. The van der Waals surface area contributed by atoms with Gasteiger partial charge < -0.3 is 15.4 Å². The van der Waals surface area contributed by atoms with Gasteiger partial charge >= 0.3 is 0 Å². The summed E-state index contributed by atoms with van der Waals surface area (Å²) in [6.45, 7) is 2.08. The minimum Gasteiger partial charge on any atom is -0.473 e. The van der Waals surface area contributed by atoms with Gasteiger partial charge in [0.2, 0.25) is 5.88 Å². The largest absolute Gasteiger partial charge is 0.473 e. The van der Waals surface area contributed by atoms with Gasteiger partial charge in [0.1, 0.15) is 6.61 Å². The first-order valence-electron chi connectivity index (χ1n) is 7.87. The van der Waals surface area contributed by atoms with E-state index in [-0.39, 0.29) is 0 Å². The van der Waals surface area contributed by atoms with Crippen LogP contribution in [0.25, 0.3) is 0 Å². The first-order chi connectivity index (χ1) is 11.8. The number of nitrogens with zero attached hydrogens (tertiary/aromatic N) is 2. The Morgan fingerprint density at radius 3 is 2.75 bits per heavy atom. The highest BCUT2D eigenvalue weighted by Crippen LogP contribution is 2.11. The number of guanidine groups is 1. The molecule has 0 aliphatic rings. The molecule has 0 saturated heterocycles. The lowest BCUT2D eigenvalue weighted by Crippen LogP contribution is -2.37. The van der Waals surface area contributed by atoms with Crippen molar-refractivity contribution in [3.63, 3.8) is 0 Å². The van der Waals surface area contributed by atoms with Crippen molar-refractivity contribution < 1.29 is 4.74 Å². The van der Waals surface area contributed by atoms with Crippen molar-refractivity contribution in [1.82, 2.24) is 15.6 Å². The third-order valence-corrected chi connectivity index (χ3v) is 3.92. The molecule has 0 amide bonds. The Hall–Kier alpha value is -2.21. The minimum atomic E-state index is 0.516. The average molecular weight is 344 g/mol. The van der Waals surface area contributed by atoms with Gasteiger partial charge in [-0.15, -0.1) is 0 Å². The van der Waals surface area contributed by atoms with Crippen LogP contribution in [0.4, 0.5) is 0 Å². The molecule has 0 aliphatic carbocycles. The van der Waals surface area contributed by atoms with E-state index in [1.165, 1.54) is 0 Å². The molecule has 0 aliphatic heterocycles. The van der Waals surface area contributed by atoms with E-state index < -0.39 is 0 Å². The van der Waals surface area contributed by atoms with Crippen molar-refractivity contribution in [2.24, 2.45) is 4.99 Å². The van der Waals surface area contributed by atoms with Crippen molar-refractivity contribution >= 4 is 17.7 Å². The third-order valence-electron chi connectivity index (χ3n) is 3.31. The predicted molar refractivity (Wildman–Crippen MR) is 102 cm³/mol. The zero-order valence-corrected chi connectivity index (χ0v) is 15.0. The molecule has 6 heteroatoms. The summed E-state index contributed by atoms with van der Waals surface area (Å²) in [5.74, 6) is 2.48. The Kier molecular flexibility index (Phi) is 7.97. The van der Waals surface area contributed by atoms with E-state index in [2.05, 4.69) is 26.9 Å². The molecule has 2 aromatic rings. The standard InChI is InChI=1S/C18H24N4OS/c1-19-18(21-10-11-24-2)22-13-16-8-9-20-17(12-16)23-14-15-6-4-3-5-7-15/h3-9,12H,10-11,13-14H2,1-2H3,(H2,19,21,22). The number of nitrogens with one attached hydrogen (secondary N) is 2. The second kappa shape index (κ2) is 10.5. The average Bonchev–Trinajstić information content (AvgIpc) is 2.64. The maximum absolute atomic E-state index is 5.76. The molecule has 0 fully saturated rings. The summed E-state index contributed by atoms with van der Waals surface area (Å²) in [7, 11) is 1.77. The molecular weight excluding hydrogens is 320 g/mol. The highest BCUT2D eigenvalue weighted by Gasteiger charge is 2.01. The number of hydrogen-bond donors (Lipinski definition) is 2. The van der Waals surface area contributed by atoms with Crippen LogP contribution < -0.4 is 15.4 Å². The molecule has 2 rings (SSSR count). The van der Waals surface area contributed by atoms with Crippen LogP contribution in [0.1, 0.15) is 11.1 Å². The number of thioether (sulfide) groups is 1. The molecule has 2 N–H and O–H groups in total. The number of benzene rings is 1. The molecule has 0 spiro atoms. The summed E-state index contributed by atoms with van der Waals surface area (Å²) in [4.78, 5) is 8.48. The fraction of sp³-hybridized carbons (Fsp3) is 0.333. The highest BCUT2D eigenvalue weighted by molar-refractivity contribution is 7.98. The molecule has 1 aromatic heterocycles. The quantitative estimate of drug-likeness (QED) is 0.438. The summed E-state index contributed by atoms with van der Waals surface area (Å²) >= 11 is 1.80. The van der Waals surface area contributed by atoms with Gasteiger partial charge in [0.25, 0.3) is 0 Å². The molecule has 1 heterocycles. The number of aliphatic imine (C=N–C) groups is 1. The van der Waals surface area contributed by atoms with Gasteiger partial charge in [-0.1, -0.05) is 30.3 Å². The first kappa shape index (κ1) is 18.1. The van der Waals surface area contributed by atoms with Crippen LogP contribution in [0, 0.1) is 0 Å². The van der Waals surface area contributed by atoms with E-state index in [1.807, 2.05) is 42.5 Å². The zero-order valence-electron chi connectivity index (χ0n) is 14.2. The molecular formula is C18H24N4OS. The van der Waals surface area contributed by atoms with Gasteiger partial charge in [-0.3, -0.25) is 4.99 Å². The molecule has 24 heavy (non-hydrogen) atoms. The Balaban J connectivity index is 1.83. The van der Waals surface area contributed by atoms with Gasteiger partial charge in [-0.05, 0) is 23.4 Å². The lowest BCUT2D eigenvalue weighted by molar-refractivity contribution is 0.293. The van der Waals surface area contributed by atoms with E-state index in [4.69, 9.17) is 4.74 Å². The Labute approximate surface area is 147 Å². The molecule has 0 atom stereocenters. The minimum absolute atomic E-state index is 0.516. The van der Waals surface area contributed by atoms with Gasteiger partial charge in [-0.2, -0.15) is 11.8 Å². The smallest absolute Gasteiger partial charge is 0.213 e. The van der Waals surface area contributed by atoms with Crippen LogP contribution in [0.5, 0.6) is 5.88 Å². The summed E-state index contributed by atoms with van der Waals surface area (Å²) in [5, 5.41) is 6.56. The molecule has 1 aromatic carbocycles. The third kappa shape index (κ3) is 6.50. The van der Waals surface area contributed by atoms with E-state index in [0.29, 0.717) is 19.0 Å². The van der Waals surface area contributed by atoms with Gasteiger partial charge in [0, 0.05) is 38.2 Å². The normalized spacial score (nSPS) is 11.2. The van der Waals surface area contributed by atoms with Crippen LogP contribution in [0.15, 0.2) is 53.7 Å². The lowest BCUT2D eigenvalue weighted by atomic mass is 10.2. The predicted octanol–water partition coefficient (Wildman–Crippen LogP) is 2.69. The zero-order chi connectivity index (χ0) is 17.0. The van der Waals surface area contributed by atoms with Gasteiger partial charge in [-0.25, -0.2) is 4.98 Å². The van der Waals surface area contributed by atoms with E-state index in [1.54, 1.807) is 25.0 Å². The highest BCUT2D eigenvalue weighted by atomic mass is 32.2. The molecule has 0 radical (unpaired) electrons. The maximum atomic E-state index is 5.76. The Morgan fingerprint density at radius 1 is 1.17 bits per heavy atom. The van der Waals surface area contributed by atoms with Crippen molar-refractivity contribution in [3.8, 4) is 5.88 Å². The molecule has 128 valence electrons. The van der Waals surface area contributed by atoms with Gasteiger partial charge in [0.15, 0.2) is 5.96 Å². The number of hydrogen-bond acceptors (Lipinski definition) is 4. The van der Waals surface area contributed by atoms with Crippen molar-refractivity contribution in [1.29, 1.82) is 0 Å². The second-order valence-corrected chi connectivity index (χ2v) is 6.11. The molecule has 5 nitrogen and oxygen atoms in total. The number of pyridine rings is 1. The number of ether oxygens (including phenoxy) is 1. The fourth-order valence-corrected chi connectivity index (χ4v) is 2.35. The topological polar surface area (TPSA) is 58.5 Å². The van der Waals surface area contributed by atoms with Crippen molar-refractivity contribution in [2.45, 2.75) is 13.2 Å². The van der Waals surface area contributed by atoms with Gasteiger partial charge in [0.05, 0.1) is 0 Å². The lowest BCUT2D eigenvalue weighted by Gasteiger charge is -2.12. The van der Waals surface area contributed by atoms with Crippen molar-refractivity contribution in [3.05, 3.63) is 59.8 Å². The summed E-state index contributed by atoms with van der Waals surface area (Å²) in [6, 6.07) is 14.0. The van der Waals surface area contributed by atoms with E-state index in [9.17, 15) is 0 Å². The summed E-state index contributed by atoms with van der Waals surface area (Å²) < 4.78 is 5.76. The van der Waals surface area contributed by atoms with Crippen LogP contribution in [-0.2, 0) is 13.2 Å². The van der Waals surface area contributed by atoms with E-state index in [0.717, 1.165) is 29.4 Å². The SMILES string of the molecule is CN=C(NCCSC)NCc1ccnc(OCc2ccccc2)c1. The first-order valence-corrected chi connectivity index (χ1v) is 9.26. The number of rotatable bonds is 8. The van der Waals surface area contributed by atoms with Crippen LogP contribution in [0.3, 0.4) is 0 Å². The summed E-state index contributed by atoms with van der Waals surface area (Å²) in [5.41, 5.74) is 2.22. The Morgan fingerprint density at radius 2 is 2.00 bits per heavy atom. The second-order valence-electron chi connectivity index (χ2n) is 5.12. The van der Waals surface area contributed by atoms with Crippen LogP contribution in [0.2, 0.25) is 0 Å². The molecule has 0 unspecified atom stereocenters. The van der Waals surface area contributed by atoms with Crippen molar-refractivity contribution in [2.75, 3.05) is 25.6 Å². The maximum Gasteiger partial charge on any atom is 0.213 e. The number of aromatic nitrogens is 1. The fourth-order valence-electron chi connectivity index (χ4n) is 2.05. The summed E-state index contributed by atoms with van der Waals surface area (Å²) in [6.07, 6.45) is 3.85. The van der Waals surface area contributed by atoms with Crippen LogP contribution in [-0.4, -0.2) is 36.5 Å². The van der Waals surface area contributed by atoms with E-state index >= 15 is 0 Å².